The monoisotopic (exact) mass is 352 g/mol. The van der Waals surface area contributed by atoms with E-state index in [1.54, 1.807) is 6.20 Å². The fraction of sp³-hybridized carbons (Fsp3) is 0.429. The van der Waals surface area contributed by atoms with E-state index in [1.165, 1.54) is 0 Å². The maximum absolute atomic E-state index is 12.7. The molecule has 2 heterocycles. The van der Waals surface area contributed by atoms with Crippen LogP contribution in [0.4, 0.5) is 0 Å². The first-order valence-corrected chi connectivity index (χ1v) is 9.34. The van der Waals surface area contributed by atoms with Crippen molar-refractivity contribution in [3.8, 4) is 11.5 Å². The average molecular weight is 352 g/mol. The molecule has 136 valence electrons. The van der Waals surface area contributed by atoms with Gasteiger partial charge in [0.05, 0.1) is 24.0 Å². The molecule has 1 aliphatic carbocycles. The van der Waals surface area contributed by atoms with Crippen molar-refractivity contribution in [1.82, 2.24) is 10.3 Å². The van der Waals surface area contributed by atoms with Crippen LogP contribution in [0.1, 0.15) is 47.3 Å². The zero-order valence-corrected chi connectivity index (χ0v) is 15.0. The van der Waals surface area contributed by atoms with Gasteiger partial charge < -0.3 is 14.8 Å². The summed E-state index contributed by atoms with van der Waals surface area (Å²) in [5.41, 5.74) is 2.70. The number of carbonyl (C=O) groups is 1. The smallest absolute Gasteiger partial charge is 0.255 e. The Bertz CT molecular complexity index is 798. The number of hydrogen-bond donors (Lipinski definition) is 1. The Morgan fingerprint density at radius 1 is 1.19 bits per heavy atom. The van der Waals surface area contributed by atoms with Gasteiger partial charge in [-0.1, -0.05) is 12.1 Å². The van der Waals surface area contributed by atoms with Crippen molar-refractivity contribution < 1.29 is 14.3 Å². The zero-order chi connectivity index (χ0) is 17.9. The zero-order valence-electron chi connectivity index (χ0n) is 15.0. The number of para-hydroxylation sites is 1. The number of amides is 1. The topological polar surface area (TPSA) is 60.5 Å². The highest BCUT2D eigenvalue weighted by Crippen LogP contribution is 2.30. The van der Waals surface area contributed by atoms with Gasteiger partial charge in [-0.2, -0.15) is 0 Å². The molecule has 1 N–H and O–H groups in total. The molecule has 1 saturated carbocycles. The van der Waals surface area contributed by atoms with Crippen molar-refractivity contribution >= 4 is 5.91 Å². The second-order valence-electron chi connectivity index (χ2n) is 7.04. The van der Waals surface area contributed by atoms with E-state index in [4.69, 9.17) is 9.47 Å². The fourth-order valence-corrected chi connectivity index (χ4v) is 3.76. The van der Waals surface area contributed by atoms with Crippen molar-refractivity contribution in [3.63, 3.8) is 0 Å². The molecular formula is C21H24N2O3. The number of fused-ring (bicyclic) bond motifs is 1. The molecule has 0 unspecified atom stereocenters. The van der Waals surface area contributed by atoms with E-state index in [0.717, 1.165) is 54.9 Å². The third kappa shape index (κ3) is 3.52. The molecule has 2 aliphatic rings. The number of nitrogens with one attached hydrogen (secondary N) is 1. The third-order valence-electron chi connectivity index (χ3n) is 5.22. The first-order valence-electron chi connectivity index (χ1n) is 9.34. The Morgan fingerprint density at radius 3 is 2.85 bits per heavy atom. The number of pyridine rings is 1. The Labute approximate surface area is 153 Å². The van der Waals surface area contributed by atoms with Gasteiger partial charge in [0.25, 0.3) is 5.91 Å². The van der Waals surface area contributed by atoms with E-state index >= 15 is 0 Å². The normalized spacial score (nSPS) is 21.6. The highest BCUT2D eigenvalue weighted by atomic mass is 16.5. The maximum atomic E-state index is 12.7. The van der Waals surface area contributed by atoms with E-state index < -0.39 is 0 Å². The number of aryl methyl sites for hydroxylation is 1. The van der Waals surface area contributed by atoms with Crippen LogP contribution in [-0.2, 0) is 6.42 Å². The van der Waals surface area contributed by atoms with Crippen LogP contribution in [-0.4, -0.2) is 29.6 Å². The first kappa shape index (κ1) is 16.9. The molecule has 2 aromatic rings. The van der Waals surface area contributed by atoms with Crippen molar-refractivity contribution in [2.75, 3.05) is 6.61 Å². The average Bonchev–Trinajstić information content (AvgIpc) is 3.14. The predicted octanol–water partition coefficient (Wildman–Crippen LogP) is 3.44. The Kier molecular flexibility index (Phi) is 4.78. The molecule has 1 aromatic heterocycles. The van der Waals surface area contributed by atoms with E-state index in [1.807, 2.05) is 37.3 Å². The molecule has 1 aliphatic heterocycles. The van der Waals surface area contributed by atoms with Gasteiger partial charge in [0.1, 0.15) is 11.5 Å². The molecular weight excluding hydrogens is 328 g/mol. The lowest BCUT2D eigenvalue weighted by molar-refractivity contribution is 0.0890. The molecule has 0 radical (unpaired) electrons. The van der Waals surface area contributed by atoms with Crippen LogP contribution >= 0.6 is 0 Å². The van der Waals surface area contributed by atoms with Gasteiger partial charge in [0, 0.05) is 18.7 Å². The number of ether oxygens (including phenoxy) is 2. The van der Waals surface area contributed by atoms with Gasteiger partial charge in [0.2, 0.25) is 0 Å². The third-order valence-corrected chi connectivity index (χ3v) is 5.22. The summed E-state index contributed by atoms with van der Waals surface area (Å²) in [4.78, 5) is 16.9. The van der Waals surface area contributed by atoms with Crippen LogP contribution in [0.2, 0.25) is 0 Å². The lowest BCUT2D eigenvalue weighted by Gasteiger charge is -2.30. The minimum Gasteiger partial charge on any atom is -0.492 e. The summed E-state index contributed by atoms with van der Waals surface area (Å²) in [7, 11) is 0. The van der Waals surface area contributed by atoms with Crippen molar-refractivity contribution in [2.24, 2.45) is 0 Å². The molecule has 1 aromatic carbocycles. The number of rotatable bonds is 4. The number of carbonyl (C=O) groups excluding carboxylic acids is 1. The van der Waals surface area contributed by atoms with E-state index in [-0.39, 0.29) is 18.1 Å². The Morgan fingerprint density at radius 2 is 2.04 bits per heavy atom. The molecule has 0 saturated heterocycles. The minimum absolute atomic E-state index is 0.0313. The lowest BCUT2D eigenvalue weighted by Crippen LogP contribution is -2.39. The van der Waals surface area contributed by atoms with Crippen LogP contribution in [0, 0.1) is 6.92 Å². The van der Waals surface area contributed by atoms with Gasteiger partial charge >= 0.3 is 0 Å². The number of nitrogens with zero attached hydrogens (tertiary/aromatic N) is 1. The van der Waals surface area contributed by atoms with Crippen molar-refractivity contribution in [1.29, 1.82) is 0 Å². The highest BCUT2D eigenvalue weighted by Gasteiger charge is 2.26. The second-order valence-corrected chi connectivity index (χ2v) is 7.04. The van der Waals surface area contributed by atoms with Crippen molar-refractivity contribution in [3.05, 3.63) is 53.3 Å². The largest absolute Gasteiger partial charge is 0.492 e. The summed E-state index contributed by atoms with van der Waals surface area (Å²) in [6.45, 7) is 2.62. The Balaban J connectivity index is 1.32. The summed E-state index contributed by atoms with van der Waals surface area (Å²) in [5, 5.41) is 3.17. The minimum atomic E-state index is -0.0313. The standard InChI is InChI=1S/C21H24N2O3/c1-14-19(6-3-12-22-14)26-17-9-7-16(8-10-17)23-21(24)18-5-2-4-15-11-13-25-20(15)18/h2-6,12,16-17H,7-11,13H2,1H3,(H,23,24). The number of benzene rings is 1. The summed E-state index contributed by atoms with van der Waals surface area (Å²) in [6.07, 6.45) is 6.56. The second kappa shape index (κ2) is 7.36. The van der Waals surface area contributed by atoms with Gasteiger partial charge in [-0.25, -0.2) is 0 Å². The summed E-state index contributed by atoms with van der Waals surface area (Å²) < 4.78 is 11.7. The van der Waals surface area contributed by atoms with E-state index in [2.05, 4.69) is 10.3 Å². The van der Waals surface area contributed by atoms with Crippen LogP contribution in [0.3, 0.4) is 0 Å². The maximum Gasteiger partial charge on any atom is 0.255 e. The number of aromatic nitrogens is 1. The molecule has 0 bridgehead atoms. The van der Waals surface area contributed by atoms with Gasteiger partial charge in [-0.3, -0.25) is 9.78 Å². The van der Waals surface area contributed by atoms with Crippen molar-refractivity contribution in [2.45, 2.75) is 51.2 Å². The molecule has 5 nitrogen and oxygen atoms in total. The van der Waals surface area contributed by atoms with Gasteiger partial charge in [-0.05, 0) is 56.4 Å². The first-order chi connectivity index (χ1) is 12.7. The predicted molar refractivity (Wildman–Crippen MR) is 98.8 cm³/mol. The van der Waals surface area contributed by atoms with Crippen LogP contribution in [0.25, 0.3) is 0 Å². The number of hydrogen-bond acceptors (Lipinski definition) is 4. The highest BCUT2D eigenvalue weighted by molar-refractivity contribution is 5.97. The molecule has 1 amide bonds. The molecule has 4 rings (SSSR count). The Hall–Kier alpha value is -2.56. The quantitative estimate of drug-likeness (QED) is 0.916. The summed E-state index contributed by atoms with van der Waals surface area (Å²) >= 11 is 0. The van der Waals surface area contributed by atoms with Gasteiger partial charge in [-0.15, -0.1) is 0 Å². The summed E-state index contributed by atoms with van der Waals surface area (Å²) in [5.74, 6) is 1.59. The molecule has 0 atom stereocenters. The molecule has 0 spiro atoms. The fourth-order valence-electron chi connectivity index (χ4n) is 3.76. The molecule has 1 fully saturated rings. The summed E-state index contributed by atoms with van der Waals surface area (Å²) in [6, 6.07) is 9.86. The SMILES string of the molecule is Cc1ncccc1OC1CCC(NC(=O)c2cccc3c2OCC3)CC1. The molecule has 26 heavy (non-hydrogen) atoms. The van der Waals surface area contributed by atoms with Gasteiger partial charge in [0.15, 0.2) is 0 Å². The van der Waals surface area contributed by atoms with Crippen LogP contribution in [0.15, 0.2) is 36.5 Å². The van der Waals surface area contributed by atoms with E-state index in [0.29, 0.717) is 12.2 Å². The van der Waals surface area contributed by atoms with Crippen LogP contribution < -0.4 is 14.8 Å². The van der Waals surface area contributed by atoms with Crippen LogP contribution in [0.5, 0.6) is 11.5 Å². The lowest BCUT2D eigenvalue weighted by atomic mass is 9.92. The van der Waals surface area contributed by atoms with E-state index in [9.17, 15) is 4.79 Å². The molecule has 5 heteroatoms.